The van der Waals surface area contributed by atoms with Crippen LogP contribution in [0.2, 0.25) is 24.7 Å². The average Bonchev–Trinajstić information content (AvgIpc) is 2.93. The van der Waals surface area contributed by atoms with Gasteiger partial charge in [0.05, 0.1) is 33.2 Å². The quantitative estimate of drug-likeness (QED) is 0.177. The monoisotopic (exact) mass is 616 g/mol. The van der Waals surface area contributed by atoms with Gasteiger partial charge in [-0.15, -0.1) is 5.54 Å². The topological polar surface area (TPSA) is 76.8 Å². The van der Waals surface area contributed by atoms with E-state index in [4.69, 9.17) is 26.6 Å². The molecule has 1 fully saturated rings. The Hall–Kier alpha value is -3.61. The van der Waals surface area contributed by atoms with Crippen molar-refractivity contribution in [2.24, 2.45) is 5.92 Å². The van der Waals surface area contributed by atoms with Gasteiger partial charge in [0.1, 0.15) is 19.7 Å². The van der Waals surface area contributed by atoms with Gasteiger partial charge in [0.25, 0.3) is 0 Å². The van der Waals surface area contributed by atoms with E-state index in [1.165, 1.54) is 10.6 Å². The van der Waals surface area contributed by atoms with E-state index in [9.17, 15) is 4.79 Å². The number of nitrogens with zero attached hydrogens (tertiary/aromatic N) is 6. The summed E-state index contributed by atoms with van der Waals surface area (Å²) in [4.78, 5) is 35.5. The minimum Gasteiger partial charge on any atom is -0.353 e. The van der Waals surface area contributed by atoms with E-state index in [0.717, 1.165) is 19.4 Å². The highest BCUT2D eigenvalue weighted by Gasteiger charge is 2.29. The van der Waals surface area contributed by atoms with Crippen molar-refractivity contribution >= 4 is 36.5 Å². The SMILES string of the molecule is Cc1nc(C#C[Si](C)(C)C)nc(C(C)C)c1-n1c(=O)nc(N2C[C@@H](C)CC[C@@H]2C)c2cc(Cl)c(-c3ccccc3F)nc21. The Bertz CT molecular complexity index is 1840. The first-order chi connectivity index (χ1) is 20.2. The van der Waals surface area contributed by atoms with Crippen LogP contribution in [-0.2, 0) is 0 Å². The molecule has 4 aromatic rings. The highest BCUT2D eigenvalue weighted by atomic mass is 35.5. The molecule has 3 aromatic heterocycles. The molecule has 1 aromatic carbocycles. The number of pyridine rings is 1. The second-order valence-electron chi connectivity index (χ2n) is 12.9. The Morgan fingerprint density at radius 1 is 1.07 bits per heavy atom. The van der Waals surface area contributed by atoms with Crippen LogP contribution in [0.5, 0.6) is 0 Å². The van der Waals surface area contributed by atoms with Crippen LogP contribution in [0.1, 0.15) is 63.7 Å². The van der Waals surface area contributed by atoms with Crippen LogP contribution in [-0.4, -0.2) is 45.2 Å². The lowest BCUT2D eigenvalue weighted by Gasteiger charge is -2.38. The van der Waals surface area contributed by atoms with Gasteiger partial charge in [0.2, 0.25) is 5.82 Å². The van der Waals surface area contributed by atoms with Gasteiger partial charge >= 0.3 is 5.69 Å². The van der Waals surface area contributed by atoms with E-state index in [-0.39, 0.29) is 28.2 Å². The molecule has 0 N–H and O–H groups in total. The minimum absolute atomic E-state index is 0.0629. The molecule has 1 saturated heterocycles. The summed E-state index contributed by atoms with van der Waals surface area (Å²) in [5.74, 6) is 4.04. The normalized spacial score (nSPS) is 17.3. The Kier molecular flexibility index (Phi) is 8.47. The van der Waals surface area contributed by atoms with Gasteiger partial charge < -0.3 is 4.90 Å². The molecular weight excluding hydrogens is 579 g/mol. The minimum atomic E-state index is -1.67. The third-order valence-corrected chi connectivity index (χ3v) is 8.89. The zero-order valence-corrected chi connectivity index (χ0v) is 27.8. The smallest absolute Gasteiger partial charge is 0.353 e. The molecule has 4 heterocycles. The van der Waals surface area contributed by atoms with Crippen LogP contribution in [0.15, 0.2) is 35.1 Å². The van der Waals surface area contributed by atoms with E-state index < -0.39 is 19.6 Å². The van der Waals surface area contributed by atoms with Crippen molar-refractivity contribution in [1.29, 1.82) is 0 Å². The number of hydrogen-bond donors (Lipinski definition) is 0. The summed E-state index contributed by atoms with van der Waals surface area (Å²) >= 11 is 6.83. The molecular formula is C33H38ClFN6OSi. The number of aromatic nitrogens is 5. The van der Waals surface area contributed by atoms with Gasteiger partial charge in [0.15, 0.2) is 5.65 Å². The molecule has 0 radical (unpaired) electrons. The second-order valence-corrected chi connectivity index (χ2v) is 18.1. The second kappa shape index (κ2) is 11.8. The lowest BCUT2D eigenvalue weighted by atomic mass is 9.95. The molecule has 0 amide bonds. The van der Waals surface area contributed by atoms with Crippen LogP contribution >= 0.6 is 11.6 Å². The zero-order chi connectivity index (χ0) is 31.2. The summed E-state index contributed by atoms with van der Waals surface area (Å²) < 4.78 is 16.5. The van der Waals surface area contributed by atoms with Crippen molar-refractivity contribution < 1.29 is 4.39 Å². The van der Waals surface area contributed by atoms with Gasteiger partial charge in [-0.1, -0.05) is 64.1 Å². The first kappa shape index (κ1) is 30.8. The molecule has 5 rings (SSSR count). The summed E-state index contributed by atoms with van der Waals surface area (Å²) in [5, 5.41) is 0.889. The van der Waals surface area contributed by atoms with Crippen LogP contribution in [0.4, 0.5) is 10.2 Å². The van der Waals surface area contributed by atoms with Crippen molar-refractivity contribution in [3.05, 3.63) is 68.9 Å². The van der Waals surface area contributed by atoms with E-state index in [1.54, 1.807) is 24.3 Å². The molecule has 0 bridgehead atoms. The molecule has 2 atom stereocenters. The number of aryl methyl sites for hydroxylation is 1. The summed E-state index contributed by atoms with van der Waals surface area (Å²) in [6, 6.07) is 8.29. The number of benzene rings is 1. The van der Waals surface area contributed by atoms with Crippen molar-refractivity contribution in [3.8, 4) is 28.4 Å². The molecule has 10 heteroatoms. The van der Waals surface area contributed by atoms with Crippen LogP contribution in [0, 0.1) is 30.1 Å². The molecule has 1 aliphatic rings. The summed E-state index contributed by atoms with van der Waals surface area (Å²) in [7, 11) is -1.67. The third kappa shape index (κ3) is 6.22. The molecule has 0 saturated carbocycles. The Labute approximate surface area is 258 Å². The predicted molar refractivity (Wildman–Crippen MR) is 175 cm³/mol. The maximum Gasteiger partial charge on any atom is 0.355 e. The van der Waals surface area contributed by atoms with E-state index >= 15 is 4.39 Å². The molecule has 0 aliphatic carbocycles. The Morgan fingerprint density at radius 2 is 1.79 bits per heavy atom. The standard InChI is InChI=1S/C33H38ClFN6OSi/c1-19(2)28-30(22(5)36-27(37-28)15-16-43(6,7)8)41-32-24(17-25(34)29(38-32)23-11-9-10-12-26(23)35)31(39-33(41)42)40-18-20(3)13-14-21(40)4/h9-12,17,19-21H,13-14,18H2,1-8H3/t20-,21-/m0/s1. The Balaban J connectivity index is 1.87. The summed E-state index contributed by atoms with van der Waals surface area (Å²) in [5.41, 5.74) is 5.42. The van der Waals surface area contributed by atoms with Crippen molar-refractivity contribution in [2.75, 3.05) is 11.4 Å². The van der Waals surface area contributed by atoms with Gasteiger partial charge in [-0.25, -0.2) is 28.7 Å². The third-order valence-electron chi connectivity index (χ3n) is 7.73. The molecule has 1 aliphatic heterocycles. The largest absolute Gasteiger partial charge is 0.355 e. The number of halogens is 2. The van der Waals surface area contributed by atoms with Crippen LogP contribution in [0.3, 0.4) is 0 Å². The maximum atomic E-state index is 15.0. The van der Waals surface area contributed by atoms with Crippen molar-refractivity contribution in [1.82, 2.24) is 24.5 Å². The first-order valence-corrected chi connectivity index (χ1v) is 18.7. The van der Waals surface area contributed by atoms with E-state index in [0.29, 0.717) is 45.7 Å². The number of fused-ring (bicyclic) bond motifs is 1. The summed E-state index contributed by atoms with van der Waals surface area (Å²) in [6.45, 7) is 17.5. The zero-order valence-electron chi connectivity index (χ0n) is 26.1. The lowest BCUT2D eigenvalue weighted by molar-refractivity contribution is 0.388. The van der Waals surface area contributed by atoms with Gasteiger partial charge in [-0.3, -0.25) is 0 Å². The average molecular weight is 617 g/mol. The molecule has 0 unspecified atom stereocenters. The Morgan fingerprint density at radius 3 is 2.47 bits per heavy atom. The van der Waals surface area contributed by atoms with Crippen molar-refractivity contribution in [2.45, 2.75) is 79.1 Å². The fourth-order valence-electron chi connectivity index (χ4n) is 5.52. The molecule has 0 spiro atoms. The number of rotatable bonds is 4. The number of anilines is 1. The van der Waals surface area contributed by atoms with Crippen molar-refractivity contribution in [3.63, 3.8) is 0 Å². The highest BCUT2D eigenvalue weighted by molar-refractivity contribution is 6.83. The highest BCUT2D eigenvalue weighted by Crippen LogP contribution is 2.37. The van der Waals surface area contributed by atoms with E-state index in [1.807, 2.05) is 20.8 Å². The van der Waals surface area contributed by atoms with E-state index in [2.05, 4.69) is 54.8 Å². The first-order valence-electron chi connectivity index (χ1n) is 14.8. The van der Waals surface area contributed by atoms with Crippen LogP contribution in [0.25, 0.3) is 28.0 Å². The maximum absolute atomic E-state index is 15.0. The number of piperidine rings is 1. The fourth-order valence-corrected chi connectivity index (χ4v) is 6.26. The van der Waals surface area contributed by atoms with Gasteiger partial charge in [-0.05, 0) is 62.6 Å². The molecule has 224 valence electrons. The molecule has 7 nitrogen and oxygen atoms in total. The van der Waals surface area contributed by atoms with Gasteiger partial charge in [-0.2, -0.15) is 4.98 Å². The lowest BCUT2D eigenvalue weighted by Crippen LogP contribution is -2.43. The van der Waals surface area contributed by atoms with Gasteiger partial charge in [0, 0.05) is 18.2 Å². The molecule has 43 heavy (non-hydrogen) atoms. The van der Waals surface area contributed by atoms with Crippen LogP contribution < -0.4 is 10.6 Å². The predicted octanol–water partition coefficient (Wildman–Crippen LogP) is 7.32. The fraction of sp³-hybridized carbons (Fsp3) is 0.424. The number of hydrogen-bond acceptors (Lipinski definition) is 6. The summed E-state index contributed by atoms with van der Waals surface area (Å²) in [6.07, 6.45) is 2.08.